The largest absolute Gasteiger partial charge is 0.507 e. The molecule has 0 spiro atoms. The van der Waals surface area contributed by atoms with E-state index < -0.39 is 3.60 Å². The SMILES string of the molecule is Oc1cc(-c2cnnc(OC(S)(S)S)c2)ccc1-c1cnc(NC2CC2)nn1. The number of aromatic hydroxyl groups is 1. The van der Waals surface area contributed by atoms with E-state index in [2.05, 4.69) is 68.6 Å². The van der Waals surface area contributed by atoms with Gasteiger partial charge in [0.2, 0.25) is 15.4 Å². The monoisotopic (exact) mass is 432 g/mol. The van der Waals surface area contributed by atoms with Crippen LogP contribution in [0.15, 0.2) is 36.7 Å². The van der Waals surface area contributed by atoms with Crippen molar-refractivity contribution >= 4 is 43.8 Å². The summed E-state index contributed by atoms with van der Waals surface area (Å²) in [5.74, 6) is 0.740. The van der Waals surface area contributed by atoms with Gasteiger partial charge in [0.25, 0.3) is 0 Å². The highest BCUT2D eigenvalue weighted by molar-refractivity contribution is 8.16. The van der Waals surface area contributed by atoms with Crippen LogP contribution in [-0.2, 0) is 0 Å². The predicted octanol–water partition coefficient (Wildman–Crippen LogP) is 3.06. The highest BCUT2D eigenvalue weighted by Gasteiger charge is 2.22. The van der Waals surface area contributed by atoms with Gasteiger partial charge >= 0.3 is 0 Å². The molecule has 3 aromatic rings. The molecule has 1 saturated carbocycles. The van der Waals surface area contributed by atoms with Crippen LogP contribution in [0, 0.1) is 0 Å². The number of nitrogens with zero attached hydrogens (tertiary/aromatic N) is 5. The van der Waals surface area contributed by atoms with Crippen LogP contribution in [0.3, 0.4) is 0 Å². The zero-order valence-electron chi connectivity index (χ0n) is 14.4. The molecule has 8 nitrogen and oxygen atoms in total. The summed E-state index contributed by atoms with van der Waals surface area (Å²) in [6.45, 7) is 0. The zero-order valence-corrected chi connectivity index (χ0v) is 17.1. The first kappa shape index (κ1) is 19.1. The summed E-state index contributed by atoms with van der Waals surface area (Å²) in [6, 6.07) is 7.26. The van der Waals surface area contributed by atoms with E-state index in [9.17, 15) is 5.11 Å². The van der Waals surface area contributed by atoms with Crippen LogP contribution in [0.5, 0.6) is 11.6 Å². The molecule has 1 aliphatic rings. The van der Waals surface area contributed by atoms with Gasteiger partial charge in [0.05, 0.1) is 12.4 Å². The van der Waals surface area contributed by atoms with E-state index in [-0.39, 0.29) is 11.6 Å². The number of phenols is 1. The van der Waals surface area contributed by atoms with E-state index in [0.717, 1.165) is 18.4 Å². The van der Waals surface area contributed by atoms with Gasteiger partial charge in [0, 0.05) is 23.2 Å². The summed E-state index contributed by atoms with van der Waals surface area (Å²) in [5.41, 5.74) is 2.42. The van der Waals surface area contributed by atoms with E-state index in [0.29, 0.717) is 28.8 Å². The van der Waals surface area contributed by atoms with Crippen molar-refractivity contribution in [2.24, 2.45) is 0 Å². The molecule has 0 aliphatic heterocycles. The van der Waals surface area contributed by atoms with Crippen molar-refractivity contribution in [2.45, 2.75) is 22.5 Å². The van der Waals surface area contributed by atoms with Crippen LogP contribution in [0.1, 0.15) is 12.8 Å². The molecule has 1 aliphatic carbocycles. The Labute approximate surface area is 177 Å². The predicted molar refractivity (Wildman–Crippen MR) is 115 cm³/mol. The van der Waals surface area contributed by atoms with E-state index in [1.807, 2.05) is 6.07 Å². The van der Waals surface area contributed by atoms with Crippen molar-refractivity contribution in [1.82, 2.24) is 25.4 Å². The molecule has 2 N–H and O–H groups in total. The lowest BCUT2D eigenvalue weighted by Gasteiger charge is -2.16. The Balaban J connectivity index is 1.56. The van der Waals surface area contributed by atoms with Crippen LogP contribution in [0.25, 0.3) is 22.4 Å². The quantitative estimate of drug-likeness (QED) is 0.299. The van der Waals surface area contributed by atoms with Crippen molar-refractivity contribution in [3.63, 3.8) is 0 Å². The number of nitrogens with one attached hydrogen (secondary N) is 1. The zero-order chi connectivity index (χ0) is 19.7. The van der Waals surface area contributed by atoms with Crippen molar-refractivity contribution < 1.29 is 9.84 Å². The number of rotatable bonds is 6. The molecule has 11 heteroatoms. The van der Waals surface area contributed by atoms with E-state index in [4.69, 9.17) is 4.74 Å². The van der Waals surface area contributed by atoms with Gasteiger partial charge in [-0.05, 0) is 30.5 Å². The maximum Gasteiger partial charge on any atom is 0.243 e. The van der Waals surface area contributed by atoms with Crippen LogP contribution in [0.2, 0.25) is 0 Å². The molecule has 4 rings (SSSR count). The first-order chi connectivity index (χ1) is 13.4. The molecule has 0 bridgehead atoms. The number of anilines is 1. The average molecular weight is 433 g/mol. The summed E-state index contributed by atoms with van der Waals surface area (Å²) < 4.78 is 4.07. The molecule has 0 atom stereocenters. The van der Waals surface area contributed by atoms with Crippen LogP contribution in [0.4, 0.5) is 5.95 Å². The molecule has 0 unspecified atom stereocenters. The minimum atomic E-state index is -1.29. The number of aromatic nitrogens is 5. The molecule has 28 heavy (non-hydrogen) atoms. The molecular weight excluding hydrogens is 416 g/mol. The van der Waals surface area contributed by atoms with Gasteiger partial charge in [0.1, 0.15) is 11.4 Å². The molecule has 0 amide bonds. The summed E-state index contributed by atoms with van der Waals surface area (Å²) >= 11 is 12.2. The van der Waals surface area contributed by atoms with Crippen molar-refractivity contribution in [3.8, 4) is 34.0 Å². The molecule has 144 valence electrons. The summed E-state index contributed by atoms with van der Waals surface area (Å²) in [6.07, 6.45) is 5.39. The summed E-state index contributed by atoms with van der Waals surface area (Å²) in [4.78, 5) is 4.25. The lowest BCUT2D eigenvalue weighted by Crippen LogP contribution is -2.14. The van der Waals surface area contributed by atoms with Gasteiger partial charge in [-0.2, -0.15) is 5.10 Å². The van der Waals surface area contributed by atoms with Gasteiger partial charge in [-0.1, -0.05) is 6.07 Å². The second-order valence-corrected chi connectivity index (χ2v) is 9.22. The Morgan fingerprint density at radius 2 is 1.86 bits per heavy atom. The lowest BCUT2D eigenvalue weighted by molar-refractivity contribution is 0.327. The van der Waals surface area contributed by atoms with Crippen molar-refractivity contribution in [2.75, 3.05) is 5.32 Å². The Bertz CT molecular complexity index is 993. The van der Waals surface area contributed by atoms with Gasteiger partial charge < -0.3 is 15.2 Å². The number of ether oxygens (including phenoxy) is 1. The Morgan fingerprint density at radius 3 is 2.50 bits per heavy atom. The number of hydrogen-bond donors (Lipinski definition) is 5. The Hall–Kier alpha value is -2.24. The van der Waals surface area contributed by atoms with Crippen molar-refractivity contribution in [3.05, 3.63) is 36.7 Å². The fourth-order valence-corrected chi connectivity index (χ4v) is 2.78. The standard InChI is InChI=1S/C17H16N6O2S3/c24-14-5-9(10-6-15(22-19-7-10)25-17(26,27)28)1-4-12(14)13-8-18-16(23-21-13)20-11-2-3-11/h1,4-8,11,24,26-28H,2-3H2,(H,18,20,23). The fourth-order valence-electron chi connectivity index (χ4n) is 2.50. The van der Waals surface area contributed by atoms with Gasteiger partial charge in [-0.25, -0.2) is 4.98 Å². The Kier molecular flexibility index (Phi) is 5.21. The maximum absolute atomic E-state index is 10.5. The third-order valence-corrected chi connectivity index (χ3v) is 4.23. The van der Waals surface area contributed by atoms with Gasteiger partial charge in [0.15, 0.2) is 0 Å². The molecular formula is C17H16N6O2S3. The summed E-state index contributed by atoms with van der Waals surface area (Å²) in [7, 11) is 0. The number of benzene rings is 1. The second kappa shape index (κ2) is 7.64. The van der Waals surface area contributed by atoms with Crippen LogP contribution >= 0.6 is 37.9 Å². The van der Waals surface area contributed by atoms with Crippen LogP contribution in [-0.4, -0.2) is 40.1 Å². The molecule has 1 fully saturated rings. The highest BCUT2D eigenvalue weighted by atomic mass is 32.2. The minimum Gasteiger partial charge on any atom is -0.507 e. The highest BCUT2D eigenvalue weighted by Crippen LogP contribution is 2.34. The Morgan fingerprint density at radius 1 is 1.04 bits per heavy atom. The first-order valence-corrected chi connectivity index (χ1v) is 9.70. The lowest BCUT2D eigenvalue weighted by atomic mass is 10.0. The van der Waals surface area contributed by atoms with Gasteiger partial charge in [-0.3, -0.25) is 0 Å². The van der Waals surface area contributed by atoms with Gasteiger partial charge in [-0.15, -0.1) is 53.2 Å². The number of hydrogen-bond acceptors (Lipinski definition) is 11. The summed E-state index contributed by atoms with van der Waals surface area (Å²) in [5, 5.41) is 29.6. The third-order valence-electron chi connectivity index (χ3n) is 3.95. The fraction of sp³-hybridized carbons (Fsp3) is 0.235. The molecule has 2 heterocycles. The number of thiol groups is 3. The molecule has 1 aromatic carbocycles. The smallest absolute Gasteiger partial charge is 0.243 e. The van der Waals surface area contributed by atoms with E-state index in [1.165, 1.54) is 0 Å². The van der Waals surface area contributed by atoms with E-state index in [1.54, 1.807) is 30.6 Å². The topological polar surface area (TPSA) is 106 Å². The molecule has 0 saturated heterocycles. The second-order valence-electron chi connectivity index (χ2n) is 6.28. The maximum atomic E-state index is 10.5. The third kappa shape index (κ3) is 4.78. The van der Waals surface area contributed by atoms with Crippen LogP contribution < -0.4 is 10.1 Å². The molecule has 2 aromatic heterocycles. The molecule has 0 radical (unpaired) electrons. The van der Waals surface area contributed by atoms with E-state index >= 15 is 0 Å². The van der Waals surface area contributed by atoms with Crippen molar-refractivity contribution in [1.29, 1.82) is 0 Å². The first-order valence-electron chi connectivity index (χ1n) is 8.36. The number of phenolic OH excluding ortho intramolecular Hbond substituents is 1. The average Bonchev–Trinajstić information content (AvgIpc) is 3.45. The normalized spacial score (nSPS) is 14.0. The minimum absolute atomic E-state index is 0.0442.